The van der Waals surface area contributed by atoms with Gasteiger partial charge >= 0.3 is 0 Å². The van der Waals surface area contributed by atoms with Crippen LogP contribution in [-0.4, -0.2) is 22.7 Å². The molecular formula is C27H24N2O3. The van der Waals surface area contributed by atoms with E-state index >= 15 is 0 Å². The quantitative estimate of drug-likeness (QED) is 0.606. The molecule has 4 fully saturated rings. The Morgan fingerprint density at radius 2 is 1.31 bits per heavy atom. The van der Waals surface area contributed by atoms with E-state index < -0.39 is 5.41 Å². The third-order valence-electron chi connectivity index (χ3n) is 8.74. The number of hydrazine groups is 1. The van der Waals surface area contributed by atoms with Crippen LogP contribution in [0.3, 0.4) is 0 Å². The zero-order valence-corrected chi connectivity index (χ0v) is 17.6. The summed E-state index contributed by atoms with van der Waals surface area (Å²) in [6.07, 6.45) is 6.08. The van der Waals surface area contributed by atoms with Gasteiger partial charge in [0.15, 0.2) is 0 Å². The summed E-state index contributed by atoms with van der Waals surface area (Å²) in [4.78, 5) is 39.9. The molecule has 2 aromatic carbocycles. The van der Waals surface area contributed by atoms with Gasteiger partial charge in [-0.05, 0) is 47.6 Å². The van der Waals surface area contributed by atoms with Gasteiger partial charge in [0.1, 0.15) is 0 Å². The lowest BCUT2D eigenvalue weighted by Gasteiger charge is -2.37. The average Bonchev–Trinajstić information content (AvgIpc) is 3.75. The lowest BCUT2D eigenvalue weighted by molar-refractivity contribution is -0.149. The second-order valence-electron chi connectivity index (χ2n) is 10.1. The monoisotopic (exact) mass is 424 g/mol. The summed E-state index contributed by atoms with van der Waals surface area (Å²) in [5.74, 6) is -0.196. The molecule has 1 N–H and O–H groups in total. The lowest BCUT2D eigenvalue weighted by atomic mass is 9.63. The van der Waals surface area contributed by atoms with E-state index in [4.69, 9.17) is 0 Å². The molecule has 2 aromatic rings. The van der Waals surface area contributed by atoms with Crippen molar-refractivity contribution in [1.29, 1.82) is 0 Å². The number of amides is 3. The van der Waals surface area contributed by atoms with Gasteiger partial charge < -0.3 is 0 Å². The molecule has 2 bridgehead atoms. The molecular weight excluding hydrogens is 400 g/mol. The number of imide groups is 1. The number of nitrogens with zero attached hydrogens (tertiary/aromatic N) is 1. The summed E-state index contributed by atoms with van der Waals surface area (Å²) < 4.78 is 0. The highest BCUT2D eigenvalue weighted by atomic mass is 16.2. The van der Waals surface area contributed by atoms with Crippen molar-refractivity contribution in [2.75, 3.05) is 0 Å². The van der Waals surface area contributed by atoms with Crippen LogP contribution in [0.15, 0.2) is 72.8 Å². The minimum Gasteiger partial charge on any atom is -0.273 e. The van der Waals surface area contributed by atoms with Gasteiger partial charge in [-0.3, -0.25) is 19.8 Å². The first kappa shape index (κ1) is 18.4. The fourth-order valence-corrected chi connectivity index (χ4v) is 7.11. The van der Waals surface area contributed by atoms with Gasteiger partial charge in [-0.25, -0.2) is 0 Å². The van der Waals surface area contributed by atoms with Gasteiger partial charge in [0.25, 0.3) is 11.8 Å². The molecule has 160 valence electrons. The SMILES string of the molecule is O=C(NN1C(=O)[C@@H]2[C@H]3C=C[C@@H]([C@@H]4C[C@H]34)[C@@H]2C1=O)[C@H]1CC1(c1ccccc1)c1ccccc1. The predicted octanol–water partition coefficient (Wildman–Crippen LogP) is 3.08. The fraction of sp³-hybridized carbons (Fsp3) is 0.370. The van der Waals surface area contributed by atoms with E-state index in [2.05, 4.69) is 41.8 Å². The van der Waals surface area contributed by atoms with Crippen molar-refractivity contribution in [2.45, 2.75) is 18.3 Å². The standard InChI is InChI=1S/C27H24N2O3/c30-24(21-14-27(21,15-7-3-1-4-8-15)16-9-5-2-6-10-16)28-29-25(31)22-17-11-12-18(20-13-19(17)20)23(22)26(29)32/h1-12,17-23H,13-14H2,(H,28,30)/t17-,18-,19-,20+,21+,22-,23+/m0/s1. The van der Waals surface area contributed by atoms with E-state index in [0.717, 1.165) is 22.6 Å². The van der Waals surface area contributed by atoms with Gasteiger partial charge in [-0.1, -0.05) is 72.8 Å². The topological polar surface area (TPSA) is 66.5 Å². The largest absolute Gasteiger partial charge is 0.273 e. The summed E-state index contributed by atoms with van der Waals surface area (Å²) in [5, 5.41) is 1.06. The van der Waals surface area contributed by atoms with Crippen molar-refractivity contribution in [3.8, 4) is 0 Å². The Kier molecular flexibility index (Phi) is 3.55. The van der Waals surface area contributed by atoms with Crippen LogP contribution in [0.2, 0.25) is 0 Å². The van der Waals surface area contributed by atoms with Crippen molar-refractivity contribution in [2.24, 2.45) is 41.4 Å². The molecule has 0 spiro atoms. The maximum atomic E-state index is 13.4. The maximum absolute atomic E-state index is 13.4. The van der Waals surface area contributed by atoms with Crippen LogP contribution in [-0.2, 0) is 19.8 Å². The molecule has 0 radical (unpaired) electrons. The van der Waals surface area contributed by atoms with Crippen LogP contribution in [0.4, 0.5) is 0 Å². The van der Waals surface area contributed by atoms with Gasteiger partial charge in [0.2, 0.25) is 5.91 Å². The Bertz CT molecular complexity index is 1100. The second kappa shape index (κ2) is 6.18. The van der Waals surface area contributed by atoms with Crippen molar-refractivity contribution < 1.29 is 14.4 Å². The number of rotatable bonds is 4. The summed E-state index contributed by atoms with van der Waals surface area (Å²) in [6.45, 7) is 0. The molecule has 7 atom stereocenters. The number of nitrogens with one attached hydrogen (secondary N) is 1. The van der Waals surface area contributed by atoms with E-state index in [1.54, 1.807) is 0 Å². The number of benzene rings is 2. The third kappa shape index (κ3) is 2.26. The smallest absolute Gasteiger partial charge is 0.252 e. The third-order valence-corrected chi connectivity index (χ3v) is 8.74. The number of hydrogen-bond acceptors (Lipinski definition) is 3. The molecule has 5 aliphatic carbocycles. The van der Waals surface area contributed by atoms with Crippen LogP contribution in [0, 0.1) is 41.4 Å². The number of hydrogen-bond donors (Lipinski definition) is 1. The Hall–Kier alpha value is -3.21. The molecule has 32 heavy (non-hydrogen) atoms. The van der Waals surface area contributed by atoms with Crippen molar-refractivity contribution in [3.05, 3.63) is 83.9 Å². The Morgan fingerprint density at radius 1 is 0.812 bits per heavy atom. The molecule has 8 rings (SSSR count). The van der Waals surface area contributed by atoms with E-state index in [9.17, 15) is 14.4 Å². The molecule has 5 nitrogen and oxygen atoms in total. The summed E-state index contributed by atoms with van der Waals surface area (Å²) in [5.41, 5.74) is 4.50. The molecule has 0 unspecified atom stereocenters. The van der Waals surface area contributed by atoms with Crippen LogP contribution in [0.1, 0.15) is 24.0 Å². The van der Waals surface area contributed by atoms with E-state index in [1.807, 2.05) is 36.4 Å². The zero-order chi connectivity index (χ0) is 21.6. The summed E-state index contributed by atoms with van der Waals surface area (Å²) in [7, 11) is 0. The number of carbonyl (C=O) groups excluding carboxylic acids is 3. The molecule has 6 aliphatic rings. The molecule has 0 aromatic heterocycles. The first-order chi connectivity index (χ1) is 15.6. The maximum Gasteiger partial charge on any atom is 0.252 e. The average molecular weight is 425 g/mol. The molecule has 1 aliphatic heterocycles. The first-order valence-electron chi connectivity index (χ1n) is 11.6. The molecule has 1 saturated heterocycles. The van der Waals surface area contributed by atoms with Gasteiger partial charge in [0.05, 0.1) is 17.8 Å². The van der Waals surface area contributed by atoms with Crippen LogP contribution in [0.25, 0.3) is 0 Å². The molecule has 1 heterocycles. The first-order valence-corrected chi connectivity index (χ1v) is 11.6. The highest BCUT2D eigenvalue weighted by molar-refractivity contribution is 6.07. The van der Waals surface area contributed by atoms with Crippen molar-refractivity contribution in [1.82, 2.24) is 10.4 Å². The predicted molar refractivity (Wildman–Crippen MR) is 116 cm³/mol. The van der Waals surface area contributed by atoms with Crippen LogP contribution < -0.4 is 5.43 Å². The minimum absolute atomic E-state index is 0.155. The van der Waals surface area contributed by atoms with Gasteiger partial charge in [0, 0.05) is 5.41 Å². The Morgan fingerprint density at radius 3 is 1.81 bits per heavy atom. The molecule has 3 saturated carbocycles. The fourth-order valence-electron chi connectivity index (χ4n) is 7.11. The normalized spacial score (nSPS) is 37.1. The van der Waals surface area contributed by atoms with E-state index in [-0.39, 0.29) is 47.3 Å². The summed E-state index contributed by atoms with van der Waals surface area (Å²) >= 11 is 0. The van der Waals surface area contributed by atoms with Crippen molar-refractivity contribution in [3.63, 3.8) is 0 Å². The second-order valence-corrected chi connectivity index (χ2v) is 10.1. The molecule has 5 heteroatoms. The van der Waals surface area contributed by atoms with Crippen LogP contribution in [0.5, 0.6) is 0 Å². The van der Waals surface area contributed by atoms with E-state index in [1.165, 1.54) is 0 Å². The number of carbonyl (C=O) groups is 3. The highest BCUT2D eigenvalue weighted by Crippen LogP contribution is 2.65. The van der Waals surface area contributed by atoms with E-state index in [0.29, 0.717) is 18.3 Å². The van der Waals surface area contributed by atoms with Crippen molar-refractivity contribution >= 4 is 17.7 Å². The summed E-state index contributed by atoms with van der Waals surface area (Å²) in [6, 6.07) is 20.1. The zero-order valence-electron chi connectivity index (χ0n) is 17.6. The minimum atomic E-state index is -0.423. The lowest BCUT2D eigenvalue weighted by Crippen LogP contribution is -2.48. The number of allylic oxidation sites excluding steroid dienone is 2. The van der Waals surface area contributed by atoms with Gasteiger partial charge in [-0.15, -0.1) is 0 Å². The van der Waals surface area contributed by atoms with Crippen LogP contribution >= 0.6 is 0 Å². The van der Waals surface area contributed by atoms with Gasteiger partial charge in [-0.2, -0.15) is 5.01 Å². The Labute approximate surface area is 186 Å². The Balaban J connectivity index is 1.17. The highest BCUT2D eigenvalue weighted by Gasteiger charge is 2.68. The molecule has 3 amide bonds.